The molecule has 17 heavy (non-hydrogen) atoms. The molecule has 3 N–H and O–H groups in total. The van der Waals surface area contributed by atoms with Gasteiger partial charge < -0.3 is 5.73 Å². The molecule has 0 bridgehead atoms. The fraction of sp³-hybridized carbons (Fsp3) is 0.545. The van der Waals surface area contributed by atoms with Gasteiger partial charge in [-0.1, -0.05) is 13.3 Å². The first-order valence-electron chi connectivity index (χ1n) is 5.72. The molecule has 0 spiro atoms. The summed E-state index contributed by atoms with van der Waals surface area (Å²) in [6, 6.07) is 1.51. The fourth-order valence-corrected chi connectivity index (χ4v) is 3.65. The number of hydrogen-bond acceptors (Lipinski definition) is 4. The zero-order valence-corrected chi connectivity index (χ0v) is 10.6. The molecule has 0 aromatic carbocycles. The van der Waals surface area contributed by atoms with Gasteiger partial charge in [-0.05, 0) is 24.8 Å². The highest BCUT2D eigenvalue weighted by molar-refractivity contribution is 7.89. The Balaban J connectivity index is 2.22. The first-order chi connectivity index (χ1) is 8.00. The van der Waals surface area contributed by atoms with Crippen LogP contribution < -0.4 is 10.5 Å². The smallest absolute Gasteiger partial charge is 0.244 e. The van der Waals surface area contributed by atoms with Crippen LogP contribution in [0.1, 0.15) is 26.2 Å². The molecule has 5 nitrogen and oxygen atoms in total. The highest BCUT2D eigenvalue weighted by atomic mass is 32.2. The Morgan fingerprint density at radius 2 is 2.24 bits per heavy atom. The molecule has 1 fully saturated rings. The minimum Gasteiger partial charge on any atom is -0.398 e. The summed E-state index contributed by atoms with van der Waals surface area (Å²) in [6.07, 6.45) is 5.79. The van der Waals surface area contributed by atoms with Gasteiger partial charge in [0.1, 0.15) is 4.90 Å². The van der Waals surface area contributed by atoms with Crippen molar-refractivity contribution in [1.82, 2.24) is 9.71 Å². The first kappa shape index (κ1) is 12.3. The lowest BCUT2D eigenvalue weighted by atomic mass is 10.1. The maximum absolute atomic E-state index is 12.1. The molecule has 1 aromatic heterocycles. The van der Waals surface area contributed by atoms with E-state index in [4.69, 9.17) is 5.73 Å². The summed E-state index contributed by atoms with van der Waals surface area (Å²) >= 11 is 0. The van der Waals surface area contributed by atoms with E-state index in [2.05, 4.69) is 16.6 Å². The Bertz CT molecular complexity index is 501. The van der Waals surface area contributed by atoms with Crippen molar-refractivity contribution in [2.45, 2.75) is 37.1 Å². The zero-order valence-electron chi connectivity index (χ0n) is 9.76. The van der Waals surface area contributed by atoms with Gasteiger partial charge in [-0.15, -0.1) is 0 Å². The lowest BCUT2D eigenvalue weighted by molar-refractivity contribution is 0.476. The molecule has 1 heterocycles. The van der Waals surface area contributed by atoms with Crippen LogP contribution in [0.4, 0.5) is 5.69 Å². The second kappa shape index (κ2) is 4.62. The molecule has 94 valence electrons. The summed E-state index contributed by atoms with van der Waals surface area (Å²) in [6.45, 7) is 2.06. The van der Waals surface area contributed by atoms with Crippen LogP contribution in [0.5, 0.6) is 0 Å². The Kier molecular flexibility index (Phi) is 3.35. The van der Waals surface area contributed by atoms with Gasteiger partial charge in [-0.25, -0.2) is 13.1 Å². The number of hydrogen-bond donors (Lipinski definition) is 2. The lowest BCUT2D eigenvalue weighted by Crippen LogP contribution is -2.36. The summed E-state index contributed by atoms with van der Waals surface area (Å²) in [7, 11) is -3.54. The third kappa shape index (κ3) is 2.58. The van der Waals surface area contributed by atoms with E-state index in [0.717, 1.165) is 19.3 Å². The SMILES string of the molecule is CC1CCCC1NS(=O)(=O)c1cnccc1N. The fourth-order valence-electron chi connectivity index (χ4n) is 2.20. The Hall–Kier alpha value is -1.14. The molecular formula is C11H17N3O2S. The van der Waals surface area contributed by atoms with Crippen LogP contribution in [0.2, 0.25) is 0 Å². The molecular weight excluding hydrogens is 238 g/mol. The maximum atomic E-state index is 12.1. The zero-order chi connectivity index (χ0) is 12.5. The van der Waals surface area contributed by atoms with Crippen LogP contribution in [-0.2, 0) is 10.0 Å². The van der Waals surface area contributed by atoms with Gasteiger partial charge in [0, 0.05) is 18.4 Å². The lowest BCUT2D eigenvalue weighted by Gasteiger charge is -2.17. The molecule has 0 aliphatic heterocycles. The molecule has 1 aromatic rings. The normalized spacial score (nSPS) is 25.0. The van der Waals surface area contributed by atoms with Gasteiger partial charge in [-0.3, -0.25) is 4.98 Å². The van der Waals surface area contributed by atoms with Gasteiger partial charge in [0.25, 0.3) is 0 Å². The van der Waals surface area contributed by atoms with Crippen molar-refractivity contribution in [3.05, 3.63) is 18.5 Å². The number of anilines is 1. The third-order valence-electron chi connectivity index (χ3n) is 3.27. The van der Waals surface area contributed by atoms with E-state index in [0.29, 0.717) is 5.92 Å². The molecule has 0 saturated heterocycles. The van der Waals surface area contributed by atoms with E-state index in [1.54, 1.807) is 0 Å². The van der Waals surface area contributed by atoms with Gasteiger partial charge in [0.05, 0.1) is 5.69 Å². The maximum Gasteiger partial charge on any atom is 0.244 e. The van der Waals surface area contributed by atoms with Crippen LogP contribution in [0.3, 0.4) is 0 Å². The molecule has 2 unspecified atom stereocenters. The number of nitrogens with zero attached hydrogens (tertiary/aromatic N) is 1. The highest BCUT2D eigenvalue weighted by Gasteiger charge is 2.29. The van der Waals surface area contributed by atoms with Crippen molar-refractivity contribution in [3.63, 3.8) is 0 Å². The van der Waals surface area contributed by atoms with Crippen molar-refractivity contribution in [2.75, 3.05) is 5.73 Å². The second-order valence-corrected chi connectivity index (χ2v) is 6.23. The highest BCUT2D eigenvalue weighted by Crippen LogP contribution is 2.27. The van der Waals surface area contributed by atoms with Crippen molar-refractivity contribution < 1.29 is 8.42 Å². The van der Waals surface area contributed by atoms with Crippen molar-refractivity contribution in [3.8, 4) is 0 Å². The van der Waals surface area contributed by atoms with Crippen LogP contribution in [-0.4, -0.2) is 19.4 Å². The standard InChI is InChI=1S/C11H17N3O2S/c1-8-3-2-4-10(8)14-17(15,16)11-7-13-6-5-9(11)12/h5-8,10,14H,2-4H2,1H3,(H2,12,13). The molecule has 6 heteroatoms. The van der Waals surface area contributed by atoms with Gasteiger partial charge in [0.2, 0.25) is 10.0 Å². The predicted octanol–water partition coefficient (Wildman–Crippen LogP) is 1.13. The van der Waals surface area contributed by atoms with Gasteiger partial charge >= 0.3 is 0 Å². The van der Waals surface area contributed by atoms with Gasteiger partial charge in [-0.2, -0.15) is 0 Å². The van der Waals surface area contributed by atoms with E-state index < -0.39 is 10.0 Å². The minimum atomic E-state index is -3.54. The minimum absolute atomic E-state index is 0.0135. The molecule has 1 saturated carbocycles. The molecule has 0 radical (unpaired) electrons. The van der Waals surface area contributed by atoms with E-state index in [-0.39, 0.29) is 16.6 Å². The van der Waals surface area contributed by atoms with E-state index >= 15 is 0 Å². The summed E-state index contributed by atoms with van der Waals surface area (Å²) in [5, 5.41) is 0. The topological polar surface area (TPSA) is 85.1 Å². The number of aromatic nitrogens is 1. The average molecular weight is 255 g/mol. The largest absolute Gasteiger partial charge is 0.398 e. The van der Waals surface area contributed by atoms with E-state index in [9.17, 15) is 8.42 Å². The number of nitrogens with one attached hydrogen (secondary N) is 1. The number of nitrogens with two attached hydrogens (primary N) is 1. The monoisotopic (exact) mass is 255 g/mol. The van der Waals surface area contributed by atoms with Crippen molar-refractivity contribution in [2.24, 2.45) is 5.92 Å². The Morgan fingerprint density at radius 3 is 2.82 bits per heavy atom. The quantitative estimate of drug-likeness (QED) is 0.848. The molecule has 1 aliphatic rings. The molecule has 2 atom stereocenters. The summed E-state index contributed by atoms with van der Waals surface area (Å²) < 4.78 is 27.0. The van der Waals surface area contributed by atoms with Gasteiger partial charge in [0.15, 0.2) is 0 Å². The number of nitrogen functional groups attached to an aromatic ring is 1. The average Bonchev–Trinajstić information content (AvgIpc) is 2.64. The Morgan fingerprint density at radius 1 is 1.47 bits per heavy atom. The second-order valence-electron chi connectivity index (χ2n) is 4.55. The van der Waals surface area contributed by atoms with Crippen LogP contribution in [0.25, 0.3) is 0 Å². The molecule has 2 rings (SSSR count). The molecule has 0 amide bonds. The van der Waals surface area contributed by atoms with Crippen LogP contribution >= 0.6 is 0 Å². The number of pyridine rings is 1. The Labute approximate surface area is 101 Å². The van der Waals surface area contributed by atoms with E-state index in [1.807, 2.05) is 0 Å². The molecule has 1 aliphatic carbocycles. The van der Waals surface area contributed by atoms with Crippen LogP contribution in [0.15, 0.2) is 23.4 Å². The summed E-state index contributed by atoms with van der Waals surface area (Å²) in [5.74, 6) is 0.377. The predicted molar refractivity (Wildman–Crippen MR) is 65.8 cm³/mol. The van der Waals surface area contributed by atoms with Crippen molar-refractivity contribution >= 4 is 15.7 Å². The number of rotatable bonds is 3. The summed E-state index contributed by atoms with van der Waals surface area (Å²) in [4.78, 5) is 3.87. The van der Waals surface area contributed by atoms with Crippen LogP contribution in [0, 0.1) is 5.92 Å². The first-order valence-corrected chi connectivity index (χ1v) is 7.21. The number of sulfonamides is 1. The third-order valence-corrected chi connectivity index (χ3v) is 4.81. The summed E-state index contributed by atoms with van der Waals surface area (Å²) in [5.41, 5.74) is 5.89. The van der Waals surface area contributed by atoms with Crippen molar-refractivity contribution in [1.29, 1.82) is 0 Å². The van der Waals surface area contributed by atoms with E-state index in [1.165, 1.54) is 18.5 Å².